The Kier molecular flexibility index (Phi) is 15.8. The van der Waals surface area contributed by atoms with Crippen molar-refractivity contribution >= 4 is 87.4 Å². The molecule has 0 bridgehead atoms. The van der Waals surface area contributed by atoms with Crippen LogP contribution in [0.1, 0.15) is 97.1 Å². The number of hydrogen-bond donors (Lipinski definition) is 1. The number of aliphatic hydroxyl groups excluding tert-OH is 1. The van der Waals surface area contributed by atoms with E-state index in [-0.39, 0.29) is 34.9 Å². The van der Waals surface area contributed by atoms with E-state index in [2.05, 4.69) is 4.74 Å². The molecule has 4 unspecified atom stereocenters. The fourth-order valence-electron chi connectivity index (χ4n) is 7.28. The van der Waals surface area contributed by atoms with Crippen molar-refractivity contribution in [1.29, 1.82) is 0 Å². The highest BCUT2D eigenvalue weighted by Gasteiger charge is 2.54. The van der Waals surface area contributed by atoms with Gasteiger partial charge in [-0.15, -0.1) is 0 Å². The Bertz CT molecular complexity index is 1890. The minimum atomic E-state index is -1.00. The molecule has 2 aromatic carbocycles. The maximum atomic E-state index is 12.7. The van der Waals surface area contributed by atoms with Crippen LogP contribution in [0.2, 0.25) is 20.1 Å². The minimum absolute atomic E-state index is 0.0243. The number of aliphatic hydroxyl groups is 1. The van der Waals surface area contributed by atoms with Crippen LogP contribution in [0.5, 0.6) is 0 Å². The molecule has 2 aliphatic heterocycles. The second kappa shape index (κ2) is 19.7. The molecule has 2 aromatic rings. The van der Waals surface area contributed by atoms with Crippen molar-refractivity contribution in [3.8, 4) is 0 Å². The molecule has 2 aliphatic carbocycles. The number of esters is 5. The molecule has 0 saturated heterocycles. The van der Waals surface area contributed by atoms with Crippen LogP contribution in [0.4, 0.5) is 0 Å². The van der Waals surface area contributed by atoms with Gasteiger partial charge in [0.1, 0.15) is 11.1 Å². The van der Waals surface area contributed by atoms with Crippen LogP contribution < -0.4 is 0 Å². The average molecular weight is 859 g/mol. The summed E-state index contributed by atoms with van der Waals surface area (Å²) < 4.78 is 32.2. The smallest absolute Gasteiger partial charge is 0.343 e. The molecular weight excluding hydrogens is 814 g/mol. The summed E-state index contributed by atoms with van der Waals surface area (Å²) in [5.41, 5.74) is -0.809. The van der Waals surface area contributed by atoms with Gasteiger partial charge in [-0.1, -0.05) is 58.5 Å². The van der Waals surface area contributed by atoms with Crippen LogP contribution in [-0.4, -0.2) is 71.6 Å². The molecule has 0 amide bonds. The van der Waals surface area contributed by atoms with E-state index in [4.69, 9.17) is 70.1 Å². The third-order valence-electron chi connectivity index (χ3n) is 9.36. The first-order valence-corrected chi connectivity index (χ1v) is 19.6. The summed E-state index contributed by atoms with van der Waals surface area (Å²) in [5.74, 6) is -2.56. The van der Waals surface area contributed by atoms with Crippen molar-refractivity contribution in [2.24, 2.45) is 0 Å². The van der Waals surface area contributed by atoms with Crippen LogP contribution in [0, 0.1) is 0 Å². The second-order valence-electron chi connectivity index (χ2n) is 13.5. The molecule has 2 spiro atoms. The molecule has 6 rings (SSSR count). The van der Waals surface area contributed by atoms with Crippen molar-refractivity contribution in [3.63, 3.8) is 0 Å². The number of benzene rings is 2. The lowest BCUT2D eigenvalue weighted by atomic mass is 9.80. The number of carbonyl (C=O) groups excluding carboxylic acids is 5. The van der Waals surface area contributed by atoms with Gasteiger partial charge in [0.15, 0.2) is 22.7 Å². The zero-order valence-electron chi connectivity index (χ0n) is 31.6. The Morgan fingerprint density at radius 3 is 1.61 bits per heavy atom. The quantitative estimate of drug-likeness (QED) is 0.160. The maximum absolute atomic E-state index is 12.7. The first kappa shape index (κ1) is 45.1. The van der Waals surface area contributed by atoms with Gasteiger partial charge in [-0.05, 0) is 76.6 Å². The van der Waals surface area contributed by atoms with E-state index in [1.54, 1.807) is 36.4 Å². The summed E-state index contributed by atoms with van der Waals surface area (Å²) in [6.07, 6.45) is 5.37. The third-order valence-corrected chi connectivity index (χ3v) is 10.5. The normalized spacial score (nSPS) is 24.2. The maximum Gasteiger partial charge on any atom is 0.343 e. The summed E-state index contributed by atoms with van der Waals surface area (Å²) in [6.45, 7) is 8.67. The number of ether oxygens (including phenoxy) is 6. The highest BCUT2D eigenvalue weighted by molar-refractivity contribution is 6.38. The summed E-state index contributed by atoms with van der Waals surface area (Å²) in [5, 5.41) is 12.3. The minimum Gasteiger partial charge on any atom is -0.507 e. The number of carbonyl (C=O) groups is 5. The van der Waals surface area contributed by atoms with Gasteiger partial charge in [-0.2, -0.15) is 0 Å². The Balaban J connectivity index is 0.000000214. The summed E-state index contributed by atoms with van der Waals surface area (Å²) in [7, 11) is 0. The van der Waals surface area contributed by atoms with Gasteiger partial charge in [0.2, 0.25) is 0 Å². The Morgan fingerprint density at radius 2 is 1.16 bits per heavy atom. The Morgan fingerprint density at radius 1 is 0.714 bits per heavy atom. The van der Waals surface area contributed by atoms with E-state index in [0.717, 1.165) is 25.7 Å². The molecule has 0 aromatic heterocycles. The van der Waals surface area contributed by atoms with E-state index < -0.39 is 41.0 Å². The summed E-state index contributed by atoms with van der Waals surface area (Å²) >= 11 is 24.3. The van der Waals surface area contributed by atoms with Gasteiger partial charge in [-0.25, -0.2) is 9.59 Å². The van der Waals surface area contributed by atoms with Gasteiger partial charge >= 0.3 is 29.8 Å². The van der Waals surface area contributed by atoms with Gasteiger partial charge in [0, 0.05) is 68.0 Å². The predicted molar refractivity (Wildman–Crippen MR) is 209 cm³/mol. The molecule has 2 fully saturated rings. The van der Waals surface area contributed by atoms with Crippen LogP contribution in [0.3, 0.4) is 0 Å². The zero-order chi connectivity index (χ0) is 41.4. The van der Waals surface area contributed by atoms with Crippen LogP contribution in [0.25, 0.3) is 11.1 Å². The monoisotopic (exact) mass is 856 g/mol. The number of hydrogen-bond acceptors (Lipinski definition) is 12. The van der Waals surface area contributed by atoms with Gasteiger partial charge < -0.3 is 33.5 Å². The topological polar surface area (TPSA) is 161 Å². The van der Waals surface area contributed by atoms with Crippen LogP contribution >= 0.6 is 46.4 Å². The van der Waals surface area contributed by atoms with Crippen LogP contribution in [0.15, 0.2) is 47.9 Å². The highest BCUT2D eigenvalue weighted by Crippen LogP contribution is 2.49. The molecule has 12 nitrogen and oxygen atoms in total. The molecular formula is C40H44Cl4O12. The molecule has 2 saturated carbocycles. The lowest BCUT2D eigenvalue weighted by molar-refractivity contribution is -0.159. The van der Waals surface area contributed by atoms with E-state index in [1.165, 1.54) is 20.8 Å². The zero-order valence-corrected chi connectivity index (χ0v) is 34.7. The molecule has 2 heterocycles. The fourth-order valence-corrected chi connectivity index (χ4v) is 8.28. The van der Waals surface area contributed by atoms with Crippen LogP contribution in [-0.2, 0) is 52.4 Å². The van der Waals surface area contributed by atoms with Crippen molar-refractivity contribution in [1.82, 2.24) is 0 Å². The van der Waals surface area contributed by atoms with E-state index in [1.807, 2.05) is 13.8 Å². The highest BCUT2D eigenvalue weighted by atomic mass is 35.5. The van der Waals surface area contributed by atoms with E-state index >= 15 is 0 Å². The van der Waals surface area contributed by atoms with Crippen molar-refractivity contribution < 1.29 is 57.5 Å². The standard InChI is InChI=1S/C19H20Cl2O5.C17H18Cl2O4.C4H6O3/c1-3-24-13-5-4-8-19(10-13)17(25-11(2)22)16(18(23)26-19)14-7-6-12(20)9-15(14)21;1-2-22-11-4-3-7-17(9-11)15(20)14(16(21)23-17)12-6-5-10(18)8-13(12)19;1-3(5)7-4(2)6/h6-7,9,13H,3-5,8,10H2,1-2H3;5-6,8,11,20H,2-4,7,9H2,1H3;1-2H3. The molecule has 56 heavy (non-hydrogen) atoms. The van der Waals surface area contributed by atoms with Gasteiger partial charge in [0.25, 0.3) is 0 Å². The third kappa shape index (κ3) is 10.8. The molecule has 16 heteroatoms. The van der Waals surface area contributed by atoms with Crippen molar-refractivity contribution in [2.75, 3.05) is 13.2 Å². The largest absolute Gasteiger partial charge is 0.507 e. The van der Waals surface area contributed by atoms with Crippen molar-refractivity contribution in [2.45, 2.75) is 109 Å². The first-order valence-electron chi connectivity index (χ1n) is 18.1. The second-order valence-corrected chi connectivity index (χ2v) is 15.2. The summed E-state index contributed by atoms with van der Waals surface area (Å²) in [4.78, 5) is 56.5. The van der Waals surface area contributed by atoms with Gasteiger partial charge in [-0.3, -0.25) is 14.4 Å². The average Bonchev–Trinajstić information content (AvgIpc) is 3.47. The molecule has 0 radical (unpaired) electrons. The molecule has 304 valence electrons. The SMILES string of the molecule is CC(=O)OC(C)=O.CCOC1CCCC2(C1)OC(=O)C(c1ccc(Cl)cc1Cl)=C2O.CCOC1CCCC2(C1)OC(=O)C(c1ccc(Cl)cc1Cl)=C2OC(C)=O. The summed E-state index contributed by atoms with van der Waals surface area (Å²) in [6, 6.07) is 9.60. The lowest BCUT2D eigenvalue weighted by Gasteiger charge is -2.37. The predicted octanol–water partition coefficient (Wildman–Crippen LogP) is 9.18. The van der Waals surface area contributed by atoms with E-state index in [9.17, 15) is 29.1 Å². The molecule has 4 atom stereocenters. The molecule has 1 N–H and O–H groups in total. The lowest BCUT2D eigenvalue weighted by Crippen LogP contribution is -2.41. The fraction of sp³-hybridized carbons (Fsp3) is 0.475. The Labute approximate surface area is 345 Å². The van der Waals surface area contributed by atoms with Crippen molar-refractivity contribution in [3.05, 3.63) is 79.1 Å². The first-order chi connectivity index (χ1) is 26.5. The number of rotatable bonds is 7. The Hall–Kier alpha value is -3.65. The number of halogens is 4. The molecule has 4 aliphatic rings. The van der Waals surface area contributed by atoms with Gasteiger partial charge in [0.05, 0.1) is 22.3 Å². The van der Waals surface area contributed by atoms with E-state index in [0.29, 0.717) is 70.1 Å².